The zero-order valence-corrected chi connectivity index (χ0v) is 20.8. The number of esters is 1. The number of hydrogen-bond acceptors (Lipinski definition) is 6. The van der Waals surface area contributed by atoms with Gasteiger partial charge in [0.1, 0.15) is 22.6 Å². The number of pyridine rings is 2. The number of hydrogen-bond donors (Lipinski definition) is 0. The van der Waals surface area contributed by atoms with E-state index in [0.29, 0.717) is 11.4 Å². The van der Waals surface area contributed by atoms with E-state index in [1.807, 2.05) is 30.3 Å². The highest BCUT2D eigenvalue weighted by Crippen LogP contribution is 2.16. The molecular weight excluding hydrogens is 484 g/mol. The standard InChI is InChI=1S/C29H24N4O5/c1-3-38-29(36)23-17-22-25(30-24-14-7-8-15-32(24)28(22)35)33(18-19-10-5-4-6-11-19)26(23)31-27(34)20-12-9-13-21(16-20)37-2/h4-17H,3,18H2,1-2H3. The van der Waals surface area contributed by atoms with E-state index in [2.05, 4.69) is 4.99 Å². The molecule has 0 spiro atoms. The number of carbonyl (C=O) groups is 2. The van der Waals surface area contributed by atoms with E-state index in [0.717, 1.165) is 5.56 Å². The van der Waals surface area contributed by atoms with Crippen molar-refractivity contribution < 1.29 is 19.1 Å². The van der Waals surface area contributed by atoms with E-state index in [9.17, 15) is 14.4 Å². The van der Waals surface area contributed by atoms with Gasteiger partial charge < -0.3 is 14.0 Å². The van der Waals surface area contributed by atoms with Gasteiger partial charge in [0.2, 0.25) is 0 Å². The number of carbonyl (C=O) groups excluding carboxylic acids is 2. The zero-order chi connectivity index (χ0) is 26.6. The molecule has 2 aromatic carbocycles. The van der Waals surface area contributed by atoms with Crippen molar-refractivity contribution in [3.8, 4) is 5.75 Å². The van der Waals surface area contributed by atoms with Crippen LogP contribution in [-0.4, -0.2) is 39.5 Å². The van der Waals surface area contributed by atoms with Crippen molar-refractivity contribution in [1.29, 1.82) is 0 Å². The van der Waals surface area contributed by atoms with Crippen molar-refractivity contribution in [3.63, 3.8) is 0 Å². The first-order valence-corrected chi connectivity index (χ1v) is 12.0. The Balaban J connectivity index is 1.88. The van der Waals surface area contributed by atoms with E-state index < -0.39 is 11.9 Å². The molecule has 0 atom stereocenters. The fourth-order valence-corrected chi connectivity index (χ4v) is 4.19. The number of ether oxygens (including phenoxy) is 2. The number of nitrogens with zero attached hydrogens (tertiary/aromatic N) is 4. The largest absolute Gasteiger partial charge is 0.497 e. The monoisotopic (exact) mass is 508 g/mol. The van der Waals surface area contributed by atoms with Gasteiger partial charge in [-0.15, -0.1) is 0 Å². The van der Waals surface area contributed by atoms with Crippen LogP contribution in [0.4, 0.5) is 0 Å². The summed E-state index contributed by atoms with van der Waals surface area (Å²) < 4.78 is 13.6. The number of fused-ring (bicyclic) bond motifs is 2. The topological polar surface area (TPSA) is 104 Å². The van der Waals surface area contributed by atoms with Gasteiger partial charge in [0.15, 0.2) is 5.49 Å². The van der Waals surface area contributed by atoms with Crippen molar-refractivity contribution >= 4 is 28.6 Å². The summed E-state index contributed by atoms with van der Waals surface area (Å²) in [7, 11) is 1.51. The van der Waals surface area contributed by atoms with Crippen LogP contribution in [0.2, 0.25) is 0 Å². The molecule has 190 valence electrons. The third-order valence-corrected chi connectivity index (χ3v) is 5.99. The quantitative estimate of drug-likeness (QED) is 0.256. The molecule has 0 aliphatic rings. The molecule has 0 unspecified atom stereocenters. The van der Waals surface area contributed by atoms with E-state index >= 15 is 0 Å². The molecule has 5 rings (SSSR count). The van der Waals surface area contributed by atoms with E-state index in [4.69, 9.17) is 14.5 Å². The van der Waals surface area contributed by atoms with Crippen molar-refractivity contribution in [1.82, 2.24) is 14.0 Å². The van der Waals surface area contributed by atoms with Gasteiger partial charge in [-0.2, -0.15) is 4.99 Å². The first-order chi connectivity index (χ1) is 18.5. The molecule has 0 fully saturated rings. The molecule has 0 saturated heterocycles. The minimum atomic E-state index is -0.703. The molecular formula is C29H24N4O5. The van der Waals surface area contributed by atoms with E-state index in [1.165, 1.54) is 17.6 Å². The Morgan fingerprint density at radius 3 is 2.53 bits per heavy atom. The van der Waals surface area contributed by atoms with Crippen LogP contribution in [0.1, 0.15) is 33.2 Å². The lowest BCUT2D eigenvalue weighted by Crippen LogP contribution is -2.33. The molecule has 0 bridgehead atoms. The Hall–Kier alpha value is -5.05. The van der Waals surface area contributed by atoms with Crippen LogP contribution in [0.3, 0.4) is 0 Å². The third kappa shape index (κ3) is 4.69. The summed E-state index contributed by atoms with van der Waals surface area (Å²) >= 11 is 0. The molecule has 38 heavy (non-hydrogen) atoms. The maximum Gasteiger partial charge on any atom is 0.341 e. The van der Waals surface area contributed by atoms with Crippen LogP contribution in [0.15, 0.2) is 94.8 Å². The van der Waals surface area contributed by atoms with Crippen LogP contribution in [-0.2, 0) is 11.3 Å². The highest BCUT2D eigenvalue weighted by Gasteiger charge is 2.20. The van der Waals surface area contributed by atoms with E-state index in [1.54, 1.807) is 60.2 Å². The first kappa shape index (κ1) is 24.6. The molecule has 0 N–H and O–H groups in total. The van der Waals surface area contributed by atoms with Crippen LogP contribution in [0.5, 0.6) is 5.75 Å². The molecule has 0 saturated carbocycles. The van der Waals surface area contributed by atoms with Crippen LogP contribution < -0.4 is 15.8 Å². The first-order valence-electron chi connectivity index (χ1n) is 12.0. The van der Waals surface area contributed by atoms with Crippen molar-refractivity contribution in [2.75, 3.05) is 13.7 Å². The van der Waals surface area contributed by atoms with Crippen molar-refractivity contribution in [2.24, 2.45) is 4.99 Å². The molecule has 9 heteroatoms. The summed E-state index contributed by atoms with van der Waals surface area (Å²) in [6, 6.07) is 22.6. The van der Waals surface area contributed by atoms with Gasteiger partial charge in [0.25, 0.3) is 11.5 Å². The van der Waals surface area contributed by atoms with Gasteiger partial charge in [-0.3, -0.25) is 14.0 Å². The second-order valence-electron chi connectivity index (χ2n) is 8.41. The van der Waals surface area contributed by atoms with Gasteiger partial charge >= 0.3 is 5.97 Å². The van der Waals surface area contributed by atoms with Gasteiger partial charge in [-0.25, -0.2) is 9.78 Å². The van der Waals surface area contributed by atoms with Gasteiger partial charge in [-0.05, 0) is 48.9 Å². The smallest absolute Gasteiger partial charge is 0.341 e. The molecule has 3 aromatic heterocycles. The minimum Gasteiger partial charge on any atom is -0.497 e. The van der Waals surface area contributed by atoms with Gasteiger partial charge in [-0.1, -0.05) is 42.5 Å². The number of methoxy groups -OCH3 is 1. The molecule has 9 nitrogen and oxygen atoms in total. The number of benzene rings is 2. The minimum absolute atomic E-state index is 0.0127. The number of aromatic nitrogens is 3. The molecule has 0 aliphatic heterocycles. The van der Waals surface area contributed by atoms with Crippen LogP contribution >= 0.6 is 0 Å². The van der Waals surface area contributed by atoms with Crippen LogP contribution in [0.25, 0.3) is 16.7 Å². The summed E-state index contributed by atoms with van der Waals surface area (Å²) in [6.45, 7) is 1.98. The predicted octanol–water partition coefficient (Wildman–Crippen LogP) is 3.62. The fourth-order valence-electron chi connectivity index (χ4n) is 4.19. The second kappa shape index (κ2) is 10.5. The van der Waals surface area contributed by atoms with Crippen molar-refractivity contribution in [2.45, 2.75) is 13.5 Å². The van der Waals surface area contributed by atoms with Gasteiger partial charge in [0, 0.05) is 11.8 Å². The maximum atomic E-state index is 13.5. The molecule has 0 aliphatic carbocycles. The molecule has 0 radical (unpaired) electrons. The maximum absolute atomic E-state index is 13.5. The Kier molecular flexibility index (Phi) is 6.82. The van der Waals surface area contributed by atoms with Crippen LogP contribution in [0, 0.1) is 0 Å². The average molecular weight is 509 g/mol. The summed E-state index contributed by atoms with van der Waals surface area (Å²) in [6.07, 6.45) is 1.61. The highest BCUT2D eigenvalue weighted by molar-refractivity contribution is 5.97. The molecule has 5 aromatic rings. The number of amides is 1. The summed E-state index contributed by atoms with van der Waals surface area (Å²) in [5.41, 5.74) is 1.51. The highest BCUT2D eigenvalue weighted by atomic mass is 16.5. The Morgan fingerprint density at radius 2 is 1.76 bits per heavy atom. The lowest BCUT2D eigenvalue weighted by Gasteiger charge is -2.15. The Morgan fingerprint density at radius 1 is 0.974 bits per heavy atom. The van der Waals surface area contributed by atoms with E-state index in [-0.39, 0.29) is 46.4 Å². The summed E-state index contributed by atoms with van der Waals surface area (Å²) in [5.74, 6) is -0.799. The SMILES string of the molecule is CCOC(=O)c1cc2c(=O)n3ccccc3nc2n(Cc2ccccc2)c1=NC(=O)c1cccc(OC)c1. The van der Waals surface area contributed by atoms with Crippen molar-refractivity contribution in [3.05, 3.63) is 118 Å². The third-order valence-electron chi connectivity index (χ3n) is 5.99. The summed E-state index contributed by atoms with van der Waals surface area (Å²) in [4.78, 5) is 49.1. The second-order valence-corrected chi connectivity index (χ2v) is 8.41. The number of rotatable bonds is 6. The lowest BCUT2D eigenvalue weighted by molar-refractivity contribution is 0.0523. The summed E-state index contributed by atoms with van der Waals surface area (Å²) in [5, 5.41) is 0.195. The molecule has 1 amide bonds. The lowest BCUT2D eigenvalue weighted by atomic mass is 10.1. The fraction of sp³-hybridized carbons (Fsp3) is 0.138. The Bertz CT molecular complexity index is 1810. The average Bonchev–Trinajstić information content (AvgIpc) is 2.95. The normalized spacial score (nSPS) is 11.6. The Labute approximate surface area is 217 Å². The predicted molar refractivity (Wildman–Crippen MR) is 141 cm³/mol. The molecule has 3 heterocycles. The zero-order valence-electron chi connectivity index (χ0n) is 20.8. The van der Waals surface area contributed by atoms with Gasteiger partial charge in [0.05, 0.1) is 25.6 Å².